The molecule has 0 radical (unpaired) electrons. The van der Waals surface area contributed by atoms with Crippen LogP contribution in [0.3, 0.4) is 0 Å². The summed E-state index contributed by atoms with van der Waals surface area (Å²) in [4.78, 5) is 24.9. The third kappa shape index (κ3) is 3.85. The molecular formula is C19H18N2O3S. The molecule has 0 spiro atoms. The Morgan fingerprint density at radius 2 is 1.88 bits per heavy atom. The predicted molar refractivity (Wildman–Crippen MR) is 101 cm³/mol. The van der Waals surface area contributed by atoms with E-state index in [-0.39, 0.29) is 16.9 Å². The summed E-state index contributed by atoms with van der Waals surface area (Å²) in [5.41, 5.74) is 7.82. The van der Waals surface area contributed by atoms with E-state index in [4.69, 9.17) is 10.5 Å². The van der Waals surface area contributed by atoms with Crippen molar-refractivity contribution in [1.29, 1.82) is 0 Å². The molecule has 6 heteroatoms. The number of thioether (sulfide) groups is 1. The highest BCUT2D eigenvalue weighted by molar-refractivity contribution is 8.03. The van der Waals surface area contributed by atoms with Crippen LogP contribution in [-0.2, 0) is 0 Å². The van der Waals surface area contributed by atoms with Gasteiger partial charge in [-0.25, -0.2) is 0 Å². The highest BCUT2D eigenvalue weighted by atomic mass is 32.2. The number of ketones is 1. The third-order valence-electron chi connectivity index (χ3n) is 3.92. The SMILES string of the molecule is COc1ccc(C(=O)Nc2cc(C(=O)C3CC=CS3)ccc2N)cc1. The molecule has 5 nitrogen and oxygen atoms in total. The third-order valence-corrected chi connectivity index (χ3v) is 5.00. The molecule has 0 fully saturated rings. The topological polar surface area (TPSA) is 81.4 Å². The Morgan fingerprint density at radius 1 is 1.16 bits per heavy atom. The van der Waals surface area contributed by atoms with E-state index in [1.54, 1.807) is 49.6 Å². The smallest absolute Gasteiger partial charge is 0.255 e. The van der Waals surface area contributed by atoms with Crippen molar-refractivity contribution in [3.8, 4) is 5.75 Å². The number of amides is 1. The zero-order chi connectivity index (χ0) is 17.8. The monoisotopic (exact) mass is 354 g/mol. The number of ether oxygens (including phenoxy) is 1. The molecule has 128 valence electrons. The Hall–Kier alpha value is -2.73. The summed E-state index contributed by atoms with van der Waals surface area (Å²) in [5.74, 6) is 0.414. The highest BCUT2D eigenvalue weighted by Crippen LogP contribution is 2.29. The number of hydrogen-bond donors (Lipinski definition) is 2. The first-order valence-corrected chi connectivity index (χ1v) is 8.72. The second-order valence-electron chi connectivity index (χ2n) is 5.58. The number of anilines is 2. The molecule has 0 bridgehead atoms. The number of Topliss-reactive ketones (excluding diaryl/α,β-unsaturated/α-hetero) is 1. The van der Waals surface area contributed by atoms with Crippen LogP contribution in [-0.4, -0.2) is 24.1 Å². The van der Waals surface area contributed by atoms with Crippen molar-refractivity contribution in [3.05, 3.63) is 65.1 Å². The summed E-state index contributed by atoms with van der Waals surface area (Å²) in [5, 5.41) is 4.60. The minimum Gasteiger partial charge on any atom is -0.497 e. The maximum atomic E-state index is 12.5. The van der Waals surface area contributed by atoms with Gasteiger partial charge in [0.05, 0.1) is 23.7 Å². The van der Waals surface area contributed by atoms with Gasteiger partial charge in [-0.2, -0.15) is 0 Å². The number of nitrogens with two attached hydrogens (primary N) is 1. The quantitative estimate of drug-likeness (QED) is 0.631. The summed E-state index contributed by atoms with van der Waals surface area (Å²) in [7, 11) is 1.57. The van der Waals surface area contributed by atoms with Crippen molar-refractivity contribution < 1.29 is 14.3 Å². The van der Waals surface area contributed by atoms with Crippen LogP contribution in [0.2, 0.25) is 0 Å². The van der Waals surface area contributed by atoms with Crippen molar-refractivity contribution in [2.45, 2.75) is 11.7 Å². The first-order chi connectivity index (χ1) is 12.1. The molecule has 1 unspecified atom stereocenters. The fourth-order valence-electron chi connectivity index (χ4n) is 2.49. The molecule has 1 atom stereocenters. The molecule has 0 saturated carbocycles. The number of nitrogens with one attached hydrogen (secondary N) is 1. The second-order valence-corrected chi connectivity index (χ2v) is 6.69. The van der Waals surface area contributed by atoms with Gasteiger partial charge in [-0.3, -0.25) is 9.59 Å². The Kier molecular flexibility index (Phi) is 5.09. The molecule has 0 aliphatic carbocycles. The van der Waals surface area contributed by atoms with E-state index in [0.717, 1.165) is 6.42 Å². The van der Waals surface area contributed by atoms with Crippen LogP contribution in [0, 0.1) is 0 Å². The first-order valence-electron chi connectivity index (χ1n) is 7.78. The van der Waals surface area contributed by atoms with Crippen LogP contribution in [0.5, 0.6) is 5.75 Å². The number of rotatable bonds is 5. The standard InChI is InChI=1S/C19H18N2O3S/c1-24-14-7-4-12(5-8-14)19(23)21-16-11-13(6-9-15(16)20)18(22)17-3-2-10-25-17/h2,4-11,17H,3,20H2,1H3,(H,21,23). The highest BCUT2D eigenvalue weighted by Gasteiger charge is 2.22. The average molecular weight is 354 g/mol. The molecule has 3 rings (SSSR count). The van der Waals surface area contributed by atoms with Gasteiger partial charge in [0.25, 0.3) is 5.91 Å². The van der Waals surface area contributed by atoms with E-state index >= 15 is 0 Å². The van der Waals surface area contributed by atoms with E-state index < -0.39 is 0 Å². The van der Waals surface area contributed by atoms with E-state index in [2.05, 4.69) is 5.32 Å². The van der Waals surface area contributed by atoms with Gasteiger partial charge in [-0.1, -0.05) is 6.08 Å². The Balaban J connectivity index is 1.77. The van der Waals surface area contributed by atoms with Crippen LogP contribution >= 0.6 is 11.8 Å². The molecule has 0 saturated heterocycles. The number of carbonyl (C=O) groups is 2. The first kappa shape index (κ1) is 17.1. The summed E-state index contributed by atoms with van der Waals surface area (Å²) >= 11 is 1.51. The van der Waals surface area contributed by atoms with Crippen LogP contribution in [0.25, 0.3) is 0 Å². The maximum absolute atomic E-state index is 12.5. The number of allylic oxidation sites excluding steroid dienone is 1. The van der Waals surface area contributed by atoms with Crippen LogP contribution in [0.1, 0.15) is 27.1 Å². The van der Waals surface area contributed by atoms with Gasteiger partial charge in [0, 0.05) is 11.1 Å². The van der Waals surface area contributed by atoms with Gasteiger partial charge in [0.15, 0.2) is 5.78 Å². The van der Waals surface area contributed by atoms with Crippen molar-refractivity contribution in [2.24, 2.45) is 0 Å². The summed E-state index contributed by atoms with van der Waals surface area (Å²) in [6.45, 7) is 0. The minimum absolute atomic E-state index is 0.0370. The van der Waals surface area contributed by atoms with Crippen molar-refractivity contribution in [3.63, 3.8) is 0 Å². The maximum Gasteiger partial charge on any atom is 0.255 e. The molecule has 1 amide bonds. The lowest BCUT2D eigenvalue weighted by molar-refractivity contribution is 0.0988. The van der Waals surface area contributed by atoms with E-state index in [1.165, 1.54) is 11.8 Å². The number of methoxy groups -OCH3 is 1. The van der Waals surface area contributed by atoms with Gasteiger partial charge in [0.2, 0.25) is 0 Å². The molecular weight excluding hydrogens is 336 g/mol. The molecule has 3 N–H and O–H groups in total. The van der Waals surface area contributed by atoms with Gasteiger partial charge >= 0.3 is 0 Å². The normalized spacial score (nSPS) is 15.8. The second kappa shape index (κ2) is 7.44. The van der Waals surface area contributed by atoms with Crippen molar-refractivity contribution >= 4 is 34.8 Å². The van der Waals surface area contributed by atoms with Crippen LogP contribution in [0.15, 0.2) is 53.9 Å². The summed E-state index contributed by atoms with van der Waals surface area (Å²) in [6, 6.07) is 11.7. The largest absolute Gasteiger partial charge is 0.497 e. The Labute approximate surface area is 150 Å². The van der Waals surface area contributed by atoms with E-state index in [0.29, 0.717) is 28.3 Å². The van der Waals surface area contributed by atoms with Crippen LogP contribution in [0.4, 0.5) is 11.4 Å². The molecule has 2 aromatic carbocycles. The number of benzene rings is 2. The number of nitrogen functional groups attached to an aromatic ring is 1. The van der Waals surface area contributed by atoms with Gasteiger partial charge < -0.3 is 15.8 Å². The summed E-state index contributed by atoms with van der Waals surface area (Å²) in [6.07, 6.45) is 2.71. The lowest BCUT2D eigenvalue weighted by atomic mass is 10.0. The minimum atomic E-state index is -0.295. The zero-order valence-corrected chi connectivity index (χ0v) is 14.5. The number of hydrogen-bond acceptors (Lipinski definition) is 5. The molecule has 1 aliphatic rings. The lowest BCUT2D eigenvalue weighted by Gasteiger charge is -2.12. The fourth-order valence-corrected chi connectivity index (χ4v) is 3.39. The lowest BCUT2D eigenvalue weighted by Crippen LogP contribution is -2.17. The van der Waals surface area contributed by atoms with E-state index in [9.17, 15) is 9.59 Å². The van der Waals surface area contributed by atoms with Crippen LogP contribution < -0.4 is 15.8 Å². The molecule has 25 heavy (non-hydrogen) atoms. The van der Waals surface area contributed by atoms with Crippen molar-refractivity contribution in [2.75, 3.05) is 18.2 Å². The van der Waals surface area contributed by atoms with Gasteiger partial charge in [-0.05, 0) is 54.3 Å². The Bertz CT molecular complexity index is 823. The zero-order valence-electron chi connectivity index (χ0n) is 13.7. The van der Waals surface area contributed by atoms with Gasteiger partial charge in [-0.15, -0.1) is 11.8 Å². The van der Waals surface area contributed by atoms with Gasteiger partial charge in [0.1, 0.15) is 5.75 Å². The Morgan fingerprint density at radius 3 is 2.52 bits per heavy atom. The predicted octanol–water partition coefficient (Wildman–Crippen LogP) is 3.73. The molecule has 2 aromatic rings. The average Bonchev–Trinajstić information content (AvgIpc) is 3.17. The van der Waals surface area contributed by atoms with E-state index in [1.807, 2.05) is 11.5 Å². The molecule has 1 heterocycles. The number of carbonyl (C=O) groups excluding carboxylic acids is 2. The van der Waals surface area contributed by atoms with Crippen molar-refractivity contribution in [1.82, 2.24) is 0 Å². The summed E-state index contributed by atoms with van der Waals surface area (Å²) < 4.78 is 5.08. The fraction of sp³-hybridized carbons (Fsp3) is 0.158. The molecule has 1 aliphatic heterocycles. The molecule has 0 aromatic heterocycles.